The van der Waals surface area contributed by atoms with Crippen molar-refractivity contribution in [3.8, 4) is 22.6 Å². The summed E-state index contributed by atoms with van der Waals surface area (Å²) < 4.78 is 34.8. The number of benzene rings is 4. The van der Waals surface area contributed by atoms with Gasteiger partial charge in [0.2, 0.25) is 18.3 Å². The summed E-state index contributed by atoms with van der Waals surface area (Å²) in [5.41, 5.74) is 6.55. The van der Waals surface area contributed by atoms with Gasteiger partial charge in [-0.2, -0.15) is 0 Å². The first-order valence-corrected chi connectivity index (χ1v) is 23.1. The lowest BCUT2D eigenvalue weighted by Crippen LogP contribution is -2.58. The van der Waals surface area contributed by atoms with Gasteiger partial charge >= 0.3 is 12.2 Å². The Kier molecular flexibility index (Phi) is 23.8. The average Bonchev–Trinajstić information content (AvgIpc) is 3.94. The van der Waals surface area contributed by atoms with Crippen LogP contribution in [0.25, 0.3) is 22.0 Å². The van der Waals surface area contributed by atoms with Gasteiger partial charge in [-0.3, -0.25) is 15.5 Å². The highest BCUT2D eigenvalue weighted by atomic mass is 35.6. The van der Waals surface area contributed by atoms with Gasteiger partial charge in [-0.25, -0.2) is 9.59 Å². The number of fused-ring (bicyclic) bond motifs is 2. The summed E-state index contributed by atoms with van der Waals surface area (Å²) >= 11 is 16.7. The minimum Gasteiger partial charge on any atom is -0.497 e. The number of carbonyl (C=O) groups is 3. The molecule has 2 aliphatic rings. The summed E-state index contributed by atoms with van der Waals surface area (Å²) in [5.74, 6) is 1.88. The third-order valence-electron chi connectivity index (χ3n) is 11.1. The van der Waals surface area contributed by atoms with Gasteiger partial charge in [0.1, 0.15) is 18.1 Å². The van der Waals surface area contributed by atoms with Crippen molar-refractivity contribution in [2.75, 3.05) is 14.2 Å². The third-order valence-corrected chi connectivity index (χ3v) is 11.6. The molecule has 13 nitrogen and oxygen atoms in total. The summed E-state index contributed by atoms with van der Waals surface area (Å²) in [6.45, 7) is 17.5. The minimum atomic E-state index is -2.02. The average molecular weight is 1030 g/mol. The van der Waals surface area contributed by atoms with Crippen molar-refractivity contribution >= 4 is 69.6 Å². The van der Waals surface area contributed by atoms with E-state index in [0.29, 0.717) is 11.8 Å². The van der Waals surface area contributed by atoms with Gasteiger partial charge in [0, 0.05) is 29.6 Å². The molecule has 0 saturated carbocycles. The molecule has 4 aromatic carbocycles. The minimum absolute atomic E-state index is 0. The number of aromatic nitrogens is 1. The molecule has 5 aromatic rings. The zero-order chi connectivity index (χ0) is 50.3. The van der Waals surface area contributed by atoms with Crippen LogP contribution in [0.5, 0.6) is 11.5 Å². The molecule has 2 aliphatic heterocycles. The number of methoxy groups -OCH3 is 2. The van der Waals surface area contributed by atoms with Crippen molar-refractivity contribution in [3.63, 3.8) is 0 Å². The van der Waals surface area contributed by atoms with Crippen LogP contribution in [0.3, 0.4) is 0 Å². The number of alkyl halides is 3. The third kappa shape index (κ3) is 17.3. The number of alkyl carbamates (subject to hydrolysis) is 1. The number of para-hydroxylation sites is 1. The summed E-state index contributed by atoms with van der Waals surface area (Å²) in [6.07, 6.45) is -2.32. The molecule has 70 heavy (non-hydrogen) atoms. The van der Waals surface area contributed by atoms with Gasteiger partial charge in [0.25, 0.3) is 3.79 Å². The summed E-state index contributed by atoms with van der Waals surface area (Å²) in [7, 11) is 3.38. The standard InChI is InChI=1S/C17H20O2.C13H15NO3.C11H14Cl3NO5.C11H13N.2CH4/c1-12(2)13-8-9-17(19-4)16(11-13)14-6-5-7-15(10-14)18-3;1-3-12(10(2)15)14-13(16)17-9-11-7-5-4-6-8-11;1-4-5-6(18-9(16)17-5)7(20-10(4,2)3)19-8(15)11(12,13)14;1-8(2)11-7-9-5-3-4-6-10(9)12-11;;/h5-12H,1-4H3;3-8H,9H2,1-2H3,(H,14,16);4-7,15H,1-3H3;3-8,12H,1-2H3;2*1H4/b;12-3+;;;;/t;;4-,5-,6-,7?;;;/m..1.../s1. The van der Waals surface area contributed by atoms with Gasteiger partial charge in [-0.05, 0) is 91.1 Å². The van der Waals surface area contributed by atoms with E-state index in [1.54, 1.807) is 21.1 Å². The Balaban J connectivity index is 0.000000321. The van der Waals surface area contributed by atoms with Crippen LogP contribution in [0.1, 0.15) is 106 Å². The van der Waals surface area contributed by atoms with Crippen LogP contribution in [0.2, 0.25) is 0 Å². The number of hydrogen-bond acceptors (Lipinski definition) is 11. The maximum atomic E-state index is 11.4. The van der Waals surface area contributed by atoms with Crippen LogP contribution in [0.4, 0.5) is 9.59 Å². The predicted octanol–water partition coefficient (Wildman–Crippen LogP) is 14.5. The molecule has 2 fully saturated rings. The number of H-pyrrole nitrogens is 1. The Labute approximate surface area is 428 Å². The number of hydrogen-bond donors (Lipinski definition) is 3. The fraction of sp³-hybridized carbons (Fsp3) is 0.407. The Bertz CT molecular complexity index is 2470. The molecule has 1 aromatic heterocycles. The molecule has 382 valence electrons. The molecule has 0 aliphatic carbocycles. The first-order chi connectivity index (χ1) is 32.1. The Morgan fingerprint density at radius 1 is 0.857 bits per heavy atom. The van der Waals surface area contributed by atoms with E-state index in [1.807, 2.05) is 75.4 Å². The Morgan fingerprint density at radius 2 is 1.50 bits per heavy atom. The number of halogens is 3. The number of Topliss-reactive ketones (excluding diaryl/α,β-unsaturated/α-hetero) is 1. The Morgan fingerprint density at radius 3 is 2.07 bits per heavy atom. The van der Waals surface area contributed by atoms with Crippen LogP contribution in [-0.4, -0.2) is 71.0 Å². The number of nitrogens with one attached hydrogen (secondary N) is 3. The van der Waals surface area contributed by atoms with E-state index in [0.717, 1.165) is 28.2 Å². The summed E-state index contributed by atoms with van der Waals surface area (Å²) in [4.78, 5) is 37.1. The van der Waals surface area contributed by atoms with E-state index >= 15 is 0 Å². The van der Waals surface area contributed by atoms with Crippen molar-refractivity contribution in [3.05, 3.63) is 132 Å². The smallest absolute Gasteiger partial charge is 0.497 e. The summed E-state index contributed by atoms with van der Waals surface area (Å²) in [5, 5.41) is 11.3. The molecule has 0 spiro atoms. The fourth-order valence-electron chi connectivity index (χ4n) is 6.86. The van der Waals surface area contributed by atoms with Gasteiger partial charge < -0.3 is 38.1 Å². The number of aromatic amines is 1. The van der Waals surface area contributed by atoms with Crippen molar-refractivity contribution < 1.29 is 47.5 Å². The van der Waals surface area contributed by atoms with E-state index in [2.05, 4.69) is 86.5 Å². The molecule has 16 heteroatoms. The molecule has 0 bridgehead atoms. The number of amides is 1. The van der Waals surface area contributed by atoms with Gasteiger partial charge in [-0.15, -0.1) is 0 Å². The lowest BCUT2D eigenvalue weighted by Gasteiger charge is -2.44. The highest BCUT2D eigenvalue weighted by molar-refractivity contribution is 6.76. The van der Waals surface area contributed by atoms with Gasteiger partial charge in [0.15, 0.2) is 11.9 Å². The highest BCUT2D eigenvalue weighted by Crippen LogP contribution is 2.42. The van der Waals surface area contributed by atoms with E-state index in [9.17, 15) is 14.4 Å². The molecule has 3 N–H and O–H groups in total. The maximum absolute atomic E-state index is 11.4. The Hall–Kier alpha value is -5.73. The lowest BCUT2D eigenvalue weighted by molar-refractivity contribution is -0.265. The molecule has 0 radical (unpaired) electrons. The number of rotatable bonds is 10. The van der Waals surface area contributed by atoms with Crippen LogP contribution in [-0.2, 0) is 35.1 Å². The maximum Gasteiger partial charge on any atom is 0.509 e. The molecule has 7 rings (SSSR count). The highest BCUT2D eigenvalue weighted by Gasteiger charge is 2.57. The van der Waals surface area contributed by atoms with Crippen molar-refractivity contribution in [2.24, 2.45) is 5.92 Å². The van der Waals surface area contributed by atoms with Gasteiger partial charge in [-0.1, -0.05) is 157 Å². The number of carbonyl (C=O) groups excluding carboxylic acids is 3. The van der Waals surface area contributed by atoms with E-state index in [4.69, 9.17) is 73.4 Å². The molecule has 1 amide bonds. The zero-order valence-corrected chi connectivity index (χ0v) is 42.5. The van der Waals surface area contributed by atoms with Crippen molar-refractivity contribution in [1.82, 2.24) is 10.3 Å². The second-order valence-electron chi connectivity index (χ2n) is 17.0. The molecular weight excluding hydrogens is 957 g/mol. The van der Waals surface area contributed by atoms with E-state index in [1.165, 1.54) is 35.2 Å². The topological polar surface area (TPSA) is 167 Å². The molecular formula is C54H70Cl3N3O10. The van der Waals surface area contributed by atoms with Crippen LogP contribution >= 0.6 is 34.8 Å². The van der Waals surface area contributed by atoms with Crippen molar-refractivity contribution in [1.29, 1.82) is 5.41 Å². The van der Waals surface area contributed by atoms with Crippen molar-refractivity contribution in [2.45, 2.75) is 124 Å². The molecule has 4 atom stereocenters. The first-order valence-electron chi connectivity index (χ1n) is 22.0. The lowest BCUT2D eigenvalue weighted by atomic mass is 9.82. The molecule has 1 unspecified atom stereocenters. The largest absolute Gasteiger partial charge is 0.509 e. The van der Waals surface area contributed by atoms with Crippen LogP contribution in [0, 0.1) is 11.3 Å². The number of ether oxygens (including phenoxy) is 7. The quantitative estimate of drug-likeness (QED) is 0.0403. The molecule has 2 saturated heterocycles. The normalized spacial score (nSPS) is 17.7. The monoisotopic (exact) mass is 1030 g/mol. The SMILES string of the molecule is C.C.C/C=C(/NC(=O)OCc1ccccc1)C(C)=O.CC(C)c1cc2ccccc2[nH]1.COc1cccc(-c2cc(C(C)C)ccc2OC)c1.C[C@@H]1[C@H]2OC(=O)O[C@H]2C(OC(=N)C(Cl)(Cl)Cl)OC1(C)C. The van der Waals surface area contributed by atoms with E-state index in [-0.39, 0.29) is 38.9 Å². The second-order valence-corrected chi connectivity index (χ2v) is 19.3. The van der Waals surface area contributed by atoms with Gasteiger partial charge in [0.05, 0.1) is 25.5 Å². The first kappa shape index (κ1) is 60.4. The fourth-order valence-corrected chi connectivity index (χ4v) is 7.00. The number of allylic oxidation sites excluding steroid dienone is 2. The summed E-state index contributed by atoms with van der Waals surface area (Å²) in [6, 6.07) is 34.3. The zero-order valence-electron chi connectivity index (χ0n) is 40.3. The predicted molar refractivity (Wildman–Crippen MR) is 281 cm³/mol. The van der Waals surface area contributed by atoms with Crippen LogP contribution in [0.15, 0.2) is 115 Å². The number of ketones is 1. The van der Waals surface area contributed by atoms with E-state index < -0.39 is 46.0 Å². The van der Waals surface area contributed by atoms with Crippen LogP contribution < -0.4 is 14.8 Å². The molecule has 3 heterocycles. The second kappa shape index (κ2) is 27.6.